The minimum Gasteiger partial charge on any atom is -0.457 e. The molecule has 2 rings (SSSR count). The zero-order valence-electron chi connectivity index (χ0n) is 25.0. The van der Waals surface area contributed by atoms with Gasteiger partial charge < -0.3 is 19.2 Å². The average molecular weight is 609 g/mol. The van der Waals surface area contributed by atoms with E-state index in [0.29, 0.717) is 23.9 Å². The van der Waals surface area contributed by atoms with Crippen molar-refractivity contribution >= 4 is 13.8 Å². The van der Waals surface area contributed by atoms with Crippen LogP contribution in [-0.2, 0) is 37.8 Å². The van der Waals surface area contributed by atoms with Gasteiger partial charge >= 0.3 is 13.8 Å². The number of ether oxygens (including phenoxy) is 1. The van der Waals surface area contributed by atoms with Gasteiger partial charge in [0.1, 0.15) is 31.5 Å². The highest BCUT2D eigenvalue weighted by Gasteiger charge is 2.49. The summed E-state index contributed by atoms with van der Waals surface area (Å²) < 4.78 is 27.5. The number of carbonyl (C=O) groups is 1. The SMILES string of the molecule is CCCCC[C@@H](/C=C/[C@@H]1[C@@H](C/C=C\CCCC(=O)O[C@H](CO)COP(=O)(O)OCC[N+](C)(C)C)[C@@H]2C[C@H]1OO2)OO. The van der Waals surface area contributed by atoms with Gasteiger partial charge in [-0.15, -0.1) is 0 Å². The molecule has 0 aromatic rings. The van der Waals surface area contributed by atoms with E-state index in [-0.39, 0.29) is 43.2 Å². The zero-order chi connectivity index (χ0) is 30.3. The highest BCUT2D eigenvalue weighted by Crippen LogP contribution is 2.45. The smallest absolute Gasteiger partial charge is 0.457 e. The first-order chi connectivity index (χ1) is 19.5. The number of carbonyl (C=O) groups excluding carboxylic acids is 1. The highest BCUT2D eigenvalue weighted by atomic mass is 31.2. The van der Waals surface area contributed by atoms with Crippen LogP contribution in [0.2, 0.25) is 0 Å². The summed E-state index contributed by atoms with van der Waals surface area (Å²) in [5, 5.41) is 18.7. The molecule has 12 nitrogen and oxygen atoms in total. The van der Waals surface area contributed by atoms with Gasteiger partial charge in [0.05, 0.1) is 40.5 Å². The van der Waals surface area contributed by atoms with E-state index >= 15 is 0 Å². The number of likely N-dealkylation sites (N-methyl/N-ethyl adjacent to an activating group) is 1. The number of esters is 1. The normalized spacial score (nSPS) is 25.6. The Kier molecular flexibility index (Phi) is 16.2. The van der Waals surface area contributed by atoms with E-state index in [9.17, 15) is 24.6 Å². The van der Waals surface area contributed by atoms with Gasteiger partial charge in [0.2, 0.25) is 0 Å². The van der Waals surface area contributed by atoms with Crippen molar-refractivity contribution in [2.24, 2.45) is 11.8 Å². The molecule has 1 saturated heterocycles. The molecule has 0 amide bonds. The second-order valence-electron chi connectivity index (χ2n) is 11.8. The van der Waals surface area contributed by atoms with Gasteiger partial charge in [-0.3, -0.25) is 19.1 Å². The van der Waals surface area contributed by atoms with E-state index in [1.807, 2.05) is 33.3 Å². The van der Waals surface area contributed by atoms with Crippen molar-refractivity contribution in [2.75, 3.05) is 47.5 Å². The maximum atomic E-state index is 12.2. The molecule has 0 aromatic heterocycles. The molecule has 1 aliphatic heterocycles. The molecular weight excluding hydrogens is 557 g/mol. The summed E-state index contributed by atoms with van der Waals surface area (Å²) >= 11 is 0. The van der Waals surface area contributed by atoms with Crippen molar-refractivity contribution in [1.82, 2.24) is 0 Å². The average Bonchev–Trinajstić information content (AvgIpc) is 3.51. The molecule has 2 fully saturated rings. The van der Waals surface area contributed by atoms with Crippen molar-refractivity contribution in [2.45, 2.75) is 89.1 Å². The molecule has 3 N–H and O–H groups in total. The van der Waals surface area contributed by atoms with Gasteiger partial charge in [0.25, 0.3) is 0 Å². The Bertz CT molecular complexity index is 862. The fourth-order valence-corrected chi connectivity index (χ4v) is 5.54. The summed E-state index contributed by atoms with van der Waals surface area (Å²) in [4.78, 5) is 37.5. The van der Waals surface area contributed by atoms with Gasteiger partial charge in [0.15, 0.2) is 0 Å². The molecule has 238 valence electrons. The molecule has 0 radical (unpaired) electrons. The van der Waals surface area contributed by atoms with Crippen LogP contribution in [0.4, 0.5) is 0 Å². The van der Waals surface area contributed by atoms with Crippen LogP contribution in [0.3, 0.4) is 0 Å². The minimum atomic E-state index is -4.32. The fraction of sp³-hybridized carbons (Fsp3) is 0.821. The fourth-order valence-electron chi connectivity index (χ4n) is 4.80. The molecule has 1 heterocycles. The van der Waals surface area contributed by atoms with E-state index in [2.05, 4.69) is 24.0 Å². The number of phosphoric ester groups is 1. The van der Waals surface area contributed by atoms with Crippen molar-refractivity contribution in [3.63, 3.8) is 0 Å². The molecule has 0 spiro atoms. The molecule has 2 aliphatic rings. The number of phosphoric acid groups is 1. The second-order valence-corrected chi connectivity index (χ2v) is 13.2. The summed E-state index contributed by atoms with van der Waals surface area (Å²) in [6.45, 7) is 1.67. The number of fused-ring (bicyclic) bond motifs is 2. The lowest BCUT2D eigenvalue weighted by Crippen LogP contribution is -2.37. The van der Waals surface area contributed by atoms with Crippen molar-refractivity contribution < 1.29 is 57.5 Å². The number of rotatable bonds is 22. The first-order valence-corrected chi connectivity index (χ1v) is 16.2. The van der Waals surface area contributed by atoms with Crippen molar-refractivity contribution in [3.05, 3.63) is 24.3 Å². The van der Waals surface area contributed by atoms with Gasteiger partial charge in [-0.25, -0.2) is 19.2 Å². The van der Waals surface area contributed by atoms with E-state index in [1.165, 1.54) is 0 Å². The van der Waals surface area contributed by atoms with E-state index < -0.39 is 33.1 Å². The van der Waals surface area contributed by atoms with E-state index in [0.717, 1.165) is 38.5 Å². The van der Waals surface area contributed by atoms with Crippen LogP contribution < -0.4 is 0 Å². The van der Waals surface area contributed by atoms with Crippen LogP contribution in [0.15, 0.2) is 24.3 Å². The number of allylic oxidation sites excluding steroid dienone is 2. The lowest BCUT2D eigenvalue weighted by molar-refractivity contribution is -0.870. The topological polar surface area (TPSA) is 150 Å². The Labute approximate surface area is 244 Å². The molecule has 2 bridgehead atoms. The molecule has 7 atom stereocenters. The Morgan fingerprint density at radius 2 is 1.88 bits per heavy atom. The Balaban J connectivity index is 1.68. The Morgan fingerprint density at radius 3 is 2.56 bits per heavy atom. The lowest BCUT2D eigenvalue weighted by atomic mass is 9.89. The van der Waals surface area contributed by atoms with Crippen LogP contribution in [0.5, 0.6) is 0 Å². The summed E-state index contributed by atoms with van der Waals surface area (Å²) in [6, 6.07) is 0. The van der Waals surface area contributed by atoms with Gasteiger partial charge in [-0.05, 0) is 25.7 Å². The van der Waals surface area contributed by atoms with Crippen LogP contribution in [0, 0.1) is 11.8 Å². The van der Waals surface area contributed by atoms with Crippen molar-refractivity contribution in [3.8, 4) is 0 Å². The maximum Gasteiger partial charge on any atom is 0.472 e. The predicted molar refractivity (Wildman–Crippen MR) is 151 cm³/mol. The number of unbranched alkanes of at least 4 members (excludes halogenated alkanes) is 3. The molecule has 1 unspecified atom stereocenters. The molecule has 41 heavy (non-hydrogen) atoms. The second kappa shape index (κ2) is 18.5. The van der Waals surface area contributed by atoms with Crippen LogP contribution in [-0.4, -0.2) is 97.6 Å². The molecule has 13 heteroatoms. The third kappa shape index (κ3) is 14.2. The largest absolute Gasteiger partial charge is 0.472 e. The lowest BCUT2D eigenvalue weighted by Gasteiger charge is -2.27. The Hall–Kier alpha value is -1.18. The zero-order valence-corrected chi connectivity index (χ0v) is 25.9. The van der Waals surface area contributed by atoms with E-state index in [1.54, 1.807) is 0 Å². The highest BCUT2D eigenvalue weighted by molar-refractivity contribution is 7.47. The quantitative estimate of drug-likeness (QED) is 0.0309. The van der Waals surface area contributed by atoms with Crippen LogP contribution in [0.1, 0.15) is 64.7 Å². The van der Waals surface area contributed by atoms with Gasteiger partial charge in [-0.2, -0.15) is 0 Å². The summed E-state index contributed by atoms with van der Waals surface area (Å²) in [5.41, 5.74) is 0. The van der Waals surface area contributed by atoms with E-state index in [4.69, 9.17) is 23.6 Å². The third-order valence-corrected chi connectivity index (χ3v) is 8.20. The van der Waals surface area contributed by atoms with Crippen LogP contribution in [0.25, 0.3) is 0 Å². The third-order valence-electron chi connectivity index (χ3n) is 7.21. The number of quaternary nitrogens is 1. The first-order valence-electron chi connectivity index (χ1n) is 14.7. The Morgan fingerprint density at radius 1 is 1.12 bits per heavy atom. The summed E-state index contributed by atoms with van der Waals surface area (Å²) in [6.07, 6.45) is 13.7. The maximum absolute atomic E-state index is 12.2. The monoisotopic (exact) mass is 608 g/mol. The van der Waals surface area contributed by atoms with Gasteiger partial charge in [0, 0.05) is 24.7 Å². The molecule has 1 aliphatic carbocycles. The molecule has 1 saturated carbocycles. The predicted octanol–water partition coefficient (Wildman–Crippen LogP) is 4.18. The molecule has 0 aromatic carbocycles. The number of hydrogen-bond acceptors (Lipinski definition) is 10. The minimum absolute atomic E-state index is 0.00287. The number of aliphatic hydroxyl groups is 1. The van der Waals surface area contributed by atoms with Crippen molar-refractivity contribution in [1.29, 1.82) is 0 Å². The number of hydrogen-bond donors (Lipinski definition) is 3. The number of nitrogens with zero attached hydrogens (tertiary/aromatic N) is 1. The number of aliphatic hydroxyl groups excluding tert-OH is 1. The van der Waals surface area contributed by atoms with Crippen LogP contribution >= 0.6 is 7.82 Å². The summed E-state index contributed by atoms with van der Waals surface area (Å²) in [5.74, 6) is -0.0964. The molecular formula is C28H51NO11P+. The summed E-state index contributed by atoms with van der Waals surface area (Å²) in [7, 11) is 1.44. The first kappa shape index (κ1) is 36.0. The van der Waals surface area contributed by atoms with Gasteiger partial charge in [-0.1, -0.05) is 50.5 Å². The standard InChI is InChI=1S/C28H50NO11P/c1-5-6-9-12-22(38-32)15-16-25-24(26-19-27(25)40-39-26)13-10-7-8-11-14-28(31)37-23(20-30)21-36-41(33,34)35-18-17-29(2,3)4/h7,10,15-16,22-27,30H,5-6,8-9,11-14,17-21H2,1-4H3,(H-,32,33,34)/p+1/b10-7-,16-15+/t22-,23+,24+,25+,26-,27+/m0/s1.